The second-order valence-corrected chi connectivity index (χ2v) is 8.49. The van der Waals surface area contributed by atoms with Crippen LogP contribution in [0.15, 0.2) is 60.0 Å². The molecule has 0 saturated heterocycles. The van der Waals surface area contributed by atoms with Crippen LogP contribution in [0.4, 0.5) is 0 Å². The standard InChI is InChI=1S/C21H25NO4S/c1-15-7-5-6-8-20(15)17(3)26-19-11-9-18(10-12-19)21(23)22-16(2)13-14-27(4,24)25/h5-14,16-17H,1-4H3,(H,22,23)/b14-13+/t16-,17?/m1/s1. The van der Waals surface area contributed by atoms with Gasteiger partial charge in [0, 0.05) is 23.3 Å². The van der Waals surface area contributed by atoms with Crippen LogP contribution in [0.2, 0.25) is 0 Å². The molecule has 27 heavy (non-hydrogen) atoms. The summed E-state index contributed by atoms with van der Waals surface area (Å²) in [5.74, 6) is 0.395. The molecule has 0 radical (unpaired) electrons. The Kier molecular flexibility index (Phi) is 6.80. The number of hydrogen-bond acceptors (Lipinski definition) is 4. The molecule has 0 aliphatic heterocycles. The third-order valence-corrected chi connectivity index (χ3v) is 4.68. The monoisotopic (exact) mass is 387 g/mol. The van der Waals surface area contributed by atoms with Gasteiger partial charge in [0.05, 0.1) is 0 Å². The fraction of sp³-hybridized carbons (Fsp3) is 0.286. The summed E-state index contributed by atoms with van der Waals surface area (Å²) in [6, 6.07) is 14.5. The number of rotatable bonds is 7. The Morgan fingerprint density at radius 1 is 1.07 bits per heavy atom. The number of carbonyl (C=O) groups is 1. The molecule has 0 saturated carbocycles. The molecular weight excluding hydrogens is 362 g/mol. The van der Waals surface area contributed by atoms with Crippen LogP contribution < -0.4 is 10.1 Å². The molecule has 2 rings (SSSR count). The van der Waals surface area contributed by atoms with Crippen molar-refractivity contribution in [1.29, 1.82) is 0 Å². The van der Waals surface area contributed by atoms with Gasteiger partial charge in [0.15, 0.2) is 9.84 Å². The van der Waals surface area contributed by atoms with E-state index in [1.807, 2.05) is 38.1 Å². The smallest absolute Gasteiger partial charge is 0.251 e. The molecule has 0 aliphatic rings. The Morgan fingerprint density at radius 3 is 2.30 bits per heavy atom. The van der Waals surface area contributed by atoms with Gasteiger partial charge in [-0.1, -0.05) is 30.3 Å². The molecule has 1 N–H and O–H groups in total. The van der Waals surface area contributed by atoms with E-state index in [0.29, 0.717) is 11.3 Å². The Bertz CT molecular complexity index is 917. The molecule has 2 aromatic rings. The molecule has 6 heteroatoms. The van der Waals surface area contributed by atoms with Crippen molar-refractivity contribution in [3.8, 4) is 5.75 Å². The van der Waals surface area contributed by atoms with E-state index in [-0.39, 0.29) is 12.0 Å². The third-order valence-electron chi connectivity index (χ3n) is 4.03. The van der Waals surface area contributed by atoms with Gasteiger partial charge in [-0.2, -0.15) is 0 Å². The maximum absolute atomic E-state index is 12.2. The zero-order valence-electron chi connectivity index (χ0n) is 16.0. The summed E-state index contributed by atoms with van der Waals surface area (Å²) in [7, 11) is -3.21. The number of nitrogens with one attached hydrogen (secondary N) is 1. The third kappa shape index (κ3) is 6.57. The number of sulfone groups is 1. The lowest BCUT2D eigenvalue weighted by atomic mass is 10.0. The minimum atomic E-state index is -3.21. The van der Waals surface area contributed by atoms with Crippen LogP contribution in [0.1, 0.15) is 41.4 Å². The average molecular weight is 388 g/mol. The summed E-state index contributed by atoms with van der Waals surface area (Å²) in [5, 5.41) is 3.82. The maximum atomic E-state index is 12.2. The molecule has 5 nitrogen and oxygen atoms in total. The van der Waals surface area contributed by atoms with E-state index in [2.05, 4.69) is 5.32 Å². The molecule has 0 aromatic heterocycles. The van der Waals surface area contributed by atoms with Gasteiger partial charge in [-0.3, -0.25) is 4.79 Å². The van der Waals surface area contributed by atoms with Gasteiger partial charge >= 0.3 is 0 Å². The van der Waals surface area contributed by atoms with Gasteiger partial charge in [0.2, 0.25) is 0 Å². The van der Waals surface area contributed by atoms with E-state index in [9.17, 15) is 13.2 Å². The maximum Gasteiger partial charge on any atom is 0.251 e. The first-order chi connectivity index (χ1) is 12.7. The van der Waals surface area contributed by atoms with Crippen LogP contribution in [0.25, 0.3) is 0 Å². The molecule has 1 unspecified atom stereocenters. The van der Waals surface area contributed by atoms with Crippen molar-refractivity contribution >= 4 is 15.7 Å². The lowest BCUT2D eigenvalue weighted by molar-refractivity contribution is 0.0947. The van der Waals surface area contributed by atoms with E-state index >= 15 is 0 Å². The summed E-state index contributed by atoms with van der Waals surface area (Å²) in [5.41, 5.74) is 2.76. The van der Waals surface area contributed by atoms with E-state index in [1.54, 1.807) is 31.2 Å². The number of amides is 1. The molecule has 0 spiro atoms. The highest BCUT2D eigenvalue weighted by Crippen LogP contribution is 2.24. The van der Waals surface area contributed by atoms with E-state index < -0.39 is 15.9 Å². The number of benzene rings is 2. The van der Waals surface area contributed by atoms with Crippen LogP contribution in [0, 0.1) is 6.92 Å². The Balaban J connectivity index is 1.99. The van der Waals surface area contributed by atoms with E-state index in [1.165, 1.54) is 6.08 Å². The number of aryl methyl sites for hydroxylation is 1. The summed E-state index contributed by atoms with van der Waals surface area (Å²) in [6.07, 6.45) is 2.44. The average Bonchev–Trinajstić information content (AvgIpc) is 2.60. The fourth-order valence-electron chi connectivity index (χ4n) is 2.59. The molecule has 0 heterocycles. The van der Waals surface area contributed by atoms with Crippen molar-refractivity contribution in [3.05, 3.63) is 76.7 Å². The van der Waals surface area contributed by atoms with Crippen molar-refractivity contribution in [1.82, 2.24) is 5.32 Å². The zero-order valence-corrected chi connectivity index (χ0v) is 16.8. The van der Waals surface area contributed by atoms with E-state index in [4.69, 9.17) is 4.74 Å². The SMILES string of the molecule is Cc1ccccc1C(C)Oc1ccc(C(=O)N[C@H](C)/C=C/S(C)(=O)=O)cc1. The number of carbonyl (C=O) groups excluding carboxylic acids is 1. The lowest BCUT2D eigenvalue weighted by Gasteiger charge is -2.17. The predicted octanol–water partition coefficient (Wildman–Crippen LogP) is 3.81. The van der Waals surface area contributed by atoms with Crippen LogP contribution in [0.5, 0.6) is 5.75 Å². The first-order valence-corrected chi connectivity index (χ1v) is 10.6. The van der Waals surface area contributed by atoms with Gasteiger partial charge in [0.25, 0.3) is 5.91 Å². The Morgan fingerprint density at radius 2 is 1.70 bits per heavy atom. The van der Waals surface area contributed by atoms with Gasteiger partial charge in [-0.25, -0.2) is 8.42 Å². The number of hydrogen-bond donors (Lipinski definition) is 1. The van der Waals surface area contributed by atoms with Crippen LogP contribution in [0.3, 0.4) is 0 Å². The van der Waals surface area contributed by atoms with Crippen molar-refractivity contribution < 1.29 is 17.9 Å². The molecule has 0 fully saturated rings. The summed E-state index contributed by atoms with van der Waals surface area (Å²) < 4.78 is 28.2. The highest BCUT2D eigenvalue weighted by Gasteiger charge is 2.12. The molecule has 144 valence electrons. The highest BCUT2D eigenvalue weighted by molar-refractivity contribution is 7.93. The largest absolute Gasteiger partial charge is 0.486 e. The Hall–Kier alpha value is -2.60. The second-order valence-electron chi connectivity index (χ2n) is 6.56. The first-order valence-electron chi connectivity index (χ1n) is 8.67. The first kappa shape index (κ1) is 20.7. The van der Waals surface area contributed by atoms with Crippen molar-refractivity contribution in [2.75, 3.05) is 6.26 Å². The molecule has 0 aliphatic carbocycles. The highest BCUT2D eigenvalue weighted by atomic mass is 32.2. The minimum Gasteiger partial charge on any atom is -0.486 e. The predicted molar refractivity (Wildman–Crippen MR) is 108 cm³/mol. The van der Waals surface area contributed by atoms with E-state index in [0.717, 1.165) is 22.8 Å². The lowest BCUT2D eigenvalue weighted by Crippen LogP contribution is -2.31. The summed E-state index contributed by atoms with van der Waals surface area (Å²) >= 11 is 0. The quantitative estimate of drug-likeness (QED) is 0.784. The molecule has 2 atom stereocenters. The molecule has 2 aromatic carbocycles. The van der Waals surface area contributed by atoms with Gasteiger partial charge in [-0.15, -0.1) is 0 Å². The van der Waals surface area contributed by atoms with Crippen LogP contribution in [-0.4, -0.2) is 26.6 Å². The Labute approximate surface area is 161 Å². The van der Waals surface area contributed by atoms with Crippen LogP contribution in [-0.2, 0) is 9.84 Å². The van der Waals surface area contributed by atoms with Gasteiger partial charge in [-0.05, 0) is 56.2 Å². The van der Waals surface area contributed by atoms with Crippen molar-refractivity contribution in [3.63, 3.8) is 0 Å². The fourth-order valence-corrected chi connectivity index (χ4v) is 3.12. The molecular formula is C21H25NO4S. The summed E-state index contributed by atoms with van der Waals surface area (Å²) in [6.45, 7) is 5.74. The van der Waals surface area contributed by atoms with Crippen molar-refractivity contribution in [2.45, 2.75) is 32.9 Å². The second kappa shape index (κ2) is 8.86. The molecule has 0 bridgehead atoms. The number of ether oxygens (including phenoxy) is 1. The minimum absolute atomic E-state index is 0.105. The van der Waals surface area contributed by atoms with Gasteiger partial charge in [0.1, 0.15) is 11.9 Å². The van der Waals surface area contributed by atoms with Crippen molar-refractivity contribution in [2.24, 2.45) is 0 Å². The summed E-state index contributed by atoms with van der Waals surface area (Å²) in [4.78, 5) is 12.2. The van der Waals surface area contributed by atoms with Crippen LogP contribution >= 0.6 is 0 Å². The topological polar surface area (TPSA) is 72.5 Å². The normalized spacial score (nSPS) is 13.9. The van der Waals surface area contributed by atoms with Gasteiger partial charge < -0.3 is 10.1 Å². The molecule has 1 amide bonds. The zero-order chi connectivity index (χ0) is 20.0.